The number of alkyl halides is 3. The topological polar surface area (TPSA) is 49.3 Å². The quantitative estimate of drug-likeness (QED) is 0.849. The Morgan fingerprint density at radius 1 is 1.08 bits per heavy atom. The number of para-hydroxylation sites is 1. The standard InChI is InChI=1S/C18H18F3NO2/c1-12(23)14-9-5-6-10-16(14)22-17(24)11-15(18(19,20)21)13-7-3-2-4-8-13/h2-10,12,15,23H,11H2,1H3,(H,22,24). The van der Waals surface area contributed by atoms with Gasteiger partial charge in [-0.2, -0.15) is 13.2 Å². The van der Waals surface area contributed by atoms with Crippen molar-refractivity contribution in [2.24, 2.45) is 0 Å². The molecule has 2 unspecified atom stereocenters. The molecule has 24 heavy (non-hydrogen) atoms. The van der Waals surface area contributed by atoms with E-state index >= 15 is 0 Å². The van der Waals surface area contributed by atoms with Crippen LogP contribution in [0.1, 0.15) is 36.5 Å². The van der Waals surface area contributed by atoms with Crippen molar-refractivity contribution in [2.45, 2.75) is 31.5 Å². The normalized spacial score (nSPS) is 14.0. The Morgan fingerprint density at radius 2 is 1.67 bits per heavy atom. The summed E-state index contributed by atoms with van der Waals surface area (Å²) in [6, 6.07) is 13.8. The summed E-state index contributed by atoms with van der Waals surface area (Å²) >= 11 is 0. The van der Waals surface area contributed by atoms with Crippen LogP contribution in [0, 0.1) is 0 Å². The average molecular weight is 337 g/mol. The molecule has 0 aliphatic rings. The zero-order valence-corrected chi connectivity index (χ0v) is 13.0. The number of nitrogens with one attached hydrogen (secondary N) is 1. The predicted molar refractivity (Wildman–Crippen MR) is 85.6 cm³/mol. The molecule has 0 bridgehead atoms. The van der Waals surface area contributed by atoms with Gasteiger partial charge in [0, 0.05) is 17.7 Å². The van der Waals surface area contributed by atoms with E-state index in [0.717, 1.165) is 0 Å². The number of hydrogen-bond donors (Lipinski definition) is 2. The highest BCUT2D eigenvalue weighted by atomic mass is 19.4. The van der Waals surface area contributed by atoms with Crippen LogP contribution in [0.3, 0.4) is 0 Å². The van der Waals surface area contributed by atoms with E-state index in [1.165, 1.54) is 31.2 Å². The van der Waals surface area contributed by atoms with Crippen LogP contribution in [-0.4, -0.2) is 17.2 Å². The molecule has 0 heterocycles. The Hall–Kier alpha value is -2.34. The third kappa shape index (κ3) is 4.58. The second-order valence-corrected chi connectivity index (χ2v) is 5.52. The number of halogens is 3. The summed E-state index contributed by atoms with van der Waals surface area (Å²) in [5, 5.41) is 12.1. The van der Waals surface area contributed by atoms with Crippen LogP contribution in [0.15, 0.2) is 54.6 Å². The molecule has 1 amide bonds. The maximum Gasteiger partial charge on any atom is 0.396 e. The zero-order valence-electron chi connectivity index (χ0n) is 13.0. The summed E-state index contributed by atoms with van der Waals surface area (Å²) in [4.78, 5) is 12.1. The Labute approximate surface area is 138 Å². The minimum absolute atomic E-state index is 0.0453. The van der Waals surface area contributed by atoms with Crippen molar-refractivity contribution in [3.8, 4) is 0 Å². The largest absolute Gasteiger partial charge is 0.396 e. The zero-order chi connectivity index (χ0) is 17.7. The second-order valence-electron chi connectivity index (χ2n) is 5.52. The van der Waals surface area contributed by atoms with Crippen molar-refractivity contribution in [3.63, 3.8) is 0 Å². The Kier molecular flexibility index (Phi) is 5.62. The second kappa shape index (κ2) is 7.49. The fourth-order valence-electron chi connectivity index (χ4n) is 2.47. The lowest BCUT2D eigenvalue weighted by Crippen LogP contribution is -2.26. The van der Waals surface area contributed by atoms with Crippen molar-refractivity contribution in [1.29, 1.82) is 0 Å². The number of rotatable bonds is 5. The van der Waals surface area contributed by atoms with Gasteiger partial charge in [-0.15, -0.1) is 0 Å². The molecular weight excluding hydrogens is 319 g/mol. The molecule has 6 heteroatoms. The Balaban J connectivity index is 2.18. The molecule has 2 aromatic rings. The van der Waals surface area contributed by atoms with Gasteiger partial charge in [-0.1, -0.05) is 48.5 Å². The summed E-state index contributed by atoms with van der Waals surface area (Å²) in [6.45, 7) is 1.52. The fourth-order valence-corrected chi connectivity index (χ4v) is 2.47. The van der Waals surface area contributed by atoms with Gasteiger partial charge >= 0.3 is 6.18 Å². The fraction of sp³-hybridized carbons (Fsp3) is 0.278. The lowest BCUT2D eigenvalue weighted by Gasteiger charge is -2.21. The summed E-state index contributed by atoms with van der Waals surface area (Å²) in [6.07, 6.45) is -6.08. The molecule has 2 N–H and O–H groups in total. The van der Waals surface area contributed by atoms with Gasteiger partial charge in [0.05, 0.1) is 12.0 Å². The summed E-state index contributed by atoms with van der Waals surface area (Å²) in [5.41, 5.74) is 0.810. The third-order valence-electron chi connectivity index (χ3n) is 3.67. The van der Waals surface area contributed by atoms with Gasteiger partial charge in [0.2, 0.25) is 5.91 Å². The number of carbonyl (C=O) groups is 1. The minimum Gasteiger partial charge on any atom is -0.389 e. The van der Waals surface area contributed by atoms with Gasteiger partial charge in [-0.05, 0) is 18.6 Å². The van der Waals surface area contributed by atoms with E-state index in [4.69, 9.17) is 0 Å². The molecule has 0 spiro atoms. The van der Waals surface area contributed by atoms with Crippen LogP contribution >= 0.6 is 0 Å². The van der Waals surface area contributed by atoms with E-state index in [1.807, 2.05) is 0 Å². The van der Waals surface area contributed by atoms with Crippen molar-refractivity contribution < 1.29 is 23.1 Å². The van der Waals surface area contributed by atoms with Crippen LogP contribution in [0.4, 0.5) is 18.9 Å². The highest BCUT2D eigenvalue weighted by Crippen LogP contribution is 2.37. The molecule has 2 atom stereocenters. The van der Waals surface area contributed by atoms with Gasteiger partial charge in [0.25, 0.3) is 0 Å². The van der Waals surface area contributed by atoms with E-state index in [0.29, 0.717) is 11.3 Å². The van der Waals surface area contributed by atoms with E-state index in [2.05, 4.69) is 5.32 Å². The van der Waals surface area contributed by atoms with Gasteiger partial charge in [0.1, 0.15) is 0 Å². The van der Waals surface area contributed by atoms with Crippen molar-refractivity contribution >= 4 is 11.6 Å². The first-order valence-electron chi connectivity index (χ1n) is 7.47. The molecule has 0 saturated heterocycles. The molecule has 3 nitrogen and oxygen atoms in total. The number of benzene rings is 2. The number of aliphatic hydroxyl groups is 1. The van der Waals surface area contributed by atoms with E-state index in [-0.39, 0.29) is 5.56 Å². The van der Waals surface area contributed by atoms with Gasteiger partial charge in [-0.25, -0.2) is 0 Å². The van der Waals surface area contributed by atoms with Gasteiger partial charge in [-0.3, -0.25) is 4.79 Å². The highest BCUT2D eigenvalue weighted by molar-refractivity contribution is 5.92. The third-order valence-corrected chi connectivity index (χ3v) is 3.67. The first-order valence-corrected chi connectivity index (χ1v) is 7.47. The van der Waals surface area contributed by atoms with Crippen LogP contribution in [0.25, 0.3) is 0 Å². The van der Waals surface area contributed by atoms with E-state index in [1.54, 1.807) is 30.3 Å². The predicted octanol–water partition coefficient (Wildman–Crippen LogP) is 4.41. The van der Waals surface area contributed by atoms with Crippen molar-refractivity contribution in [2.75, 3.05) is 5.32 Å². The summed E-state index contributed by atoms with van der Waals surface area (Å²) < 4.78 is 39.9. The molecule has 0 fully saturated rings. The summed E-state index contributed by atoms with van der Waals surface area (Å²) in [7, 11) is 0. The van der Waals surface area contributed by atoms with Crippen LogP contribution in [0.5, 0.6) is 0 Å². The van der Waals surface area contributed by atoms with Gasteiger partial charge in [0.15, 0.2) is 0 Å². The molecule has 0 saturated carbocycles. The summed E-state index contributed by atoms with van der Waals surface area (Å²) in [5.74, 6) is -2.63. The maximum absolute atomic E-state index is 13.3. The average Bonchev–Trinajstić information content (AvgIpc) is 2.52. The molecule has 0 aliphatic heterocycles. The SMILES string of the molecule is CC(O)c1ccccc1NC(=O)CC(c1ccccc1)C(F)(F)F. The number of carbonyl (C=O) groups excluding carboxylic acids is 1. The number of anilines is 1. The molecule has 0 aliphatic carbocycles. The molecule has 0 radical (unpaired) electrons. The molecule has 128 valence electrons. The Bertz CT molecular complexity index is 684. The lowest BCUT2D eigenvalue weighted by atomic mass is 9.94. The van der Waals surface area contributed by atoms with Crippen LogP contribution in [0.2, 0.25) is 0 Å². The van der Waals surface area contributed by atoms with Crippen LogP contribution < -0.4 is 5.32 Å². The lowest BCUT2D eigenvalue weighted by molar-refractivity contribution is -0.155. The first kappa shape index (κ1) is 18.0. The molecule has 2 aromatic carbocycles. The number of amides is 1. The maximum atomic E-state index is 13.3. The number of hydrogen-bond acceptors (Lipinski definition) is 2. The number of aliphatic hydroxyl groups excluding tert-OH is 1. The van der Waals surface area contributed by atoms with E-state index in [9.17, 15) is 23.1 Å². The molecule has 2 rings (SSSR count). The molecule has 0 aromatic heterocycles. The monoisotopic (exact) mass is 337 g/mol. The van der Waals surface area contributed by atoms with Crippen LogP contribution in [-0.2, 0) is 4.79 Å². The highest BCUT2D eigenvalue weighted by Gasteiger charge is 2.41. The van der Waals surface area contributed by atoms with Crippen molar-refractivity contribution in [1.82, 2.24) is 0 Å². The van der Waals surface area contributed by atoms with Gasteiger partial charge < -0.3 is 10.4 Å². The van der Waals surface area contributed by atoms with Crippen molar-refractivity contribution in [3.05, 3.63) is 65.7 Å². The van der Waals surface area contributed by atoms with E-state index < -0.39 is 30.5 Å². The smallest absolute Gasteiger partial charge is 0.389 e. The first-order chi connectivity index (χ1) is 11.3. The minimum atomic E-state index is -4.53. The Morgan fingerprint density at radius 3 is 2.25 bits per heavy atom. The molecular formula is C18H18F3NO2.